The average Bonchev–Trinajstić information content (AvgIpc) is 3.10. The zero-order valence-electron chi connectivity index (χ0n) is 9.51. The van der Waals surface area contributed by atoms with Crippen molar-refractivity contribution in [2.45, 2.75) is 29.8 Å². The monoisotopic (exact) mass is 327 g/mol. The summed E-state index contributed by atoms with van der Waals surface area (Å²) in [7, 11) is 0. The standard InChI is InChI=1S/C12H11BrFN3S/c13-11-4-1-9(14)5-8(11)6-18-12-16-15-7-17(12)10-2-3-10/h1,4-5,7,10H,2-3,6H2. The summed E-state index contributed by atoms with van der Waals surface area (Å²) >= 11 is 5.02. The molecule has 94 valence electrons. The van der Waals surface area contributed by atoms with Crippen molar-refractivity contribution < 1.29 is 4.39 Å². The average molecular weight is 328 g/mol. The van der Waals surface area contributed by atoms with Gasteiger partial charge in [0.1, 0.15) is 12.1 Å². The smallest absolute Gasteiger partial charge is 0.191 e. The van der Waals surface area contributed by atoms with Crippen molar-refractivity contribution in [2.75, 3.05) is 0 Å². The van der Waals surface area contributed by atoms with Gasteiger partial charge in [-0.3, -0.25) is 0 Å². The number of hydrogen-bond donors (Lipinski definition) is 0. The fourth-order valence-electron chi connectivity index (χ4n) is 1.73. The molecule has 0 bridgehead atoms. The van der Waals surface area contributed by atoms with Crippen LogP contribution in [-0.2, 0) is 5.75 Å². The summed E-state index contributed by atoms with van der Waals surface area (Å²) in [6.07, 6.45) is 4.19. The molecule has 0 N–H and O–H groups in total. The van der Waals surface area contributed by atoms with E-state index in [9.17, 15) is 4.39 Å². The van der Waals surface area contributed by atoms with Crippen LogP contribution in [0.15, 0.2) is 34.2 Å². The molecule has 2 aromatic rings. The zero-order valence-corrected chi connectivity index (χ0v) is 11.9. The second-order valence-corrected chi connectivity index (χ2v) is 6.07. The minimum atomic E-state index is -0.211. The van der Waals surface area contributed by atoms with Crippen LogP contribution >= 0.6 is 27.7 Å². The van der Waals surface area contributed by atoms with Gasteiger partial charge in [0.25, 0.3) is 0 Å². The van der Waals surface area contributed by atoms with E-state index in [1.807, 2.05) is 0 Å². The van der Waals surface area contributed by atoms with E-state index >= 15 is 0 Å². The molecule has 0 amide bonds. The number of benzene rings is 1. The van der Waals surface area contributed by atoms with E-state index in [2.05, 4.69) is 30.7 Å². The summed E-state index contributed by atoms with van der Waals surface area (Å²) in [6.45, 7) is 0. The molecule has 1 saturated carbocycles. The first kappa shape index (κ1) is 12.2. The molecule has 1 aliphatic rings. The fourth-order valence-corrected chi connectivity index (χ4v) is 3.28. The Bertz CT molecular complexity index is 568. The normalized spacial score (nSPS) is 15.0. The number of hydrogen-bond acceptors (Lipinski definition) is 3. The SMILES string of the molecule is Fc1ccc(Br)c(CSc2nncn2C2CC2)c1. The molecule has 0 spiro atoms. The Balaban J connectivity index is 1.73. The molecule has 1 heterocycles. The van der Waals surface area contributed by atoms with E-state index in [1.165, 1.54) is 18.9 Å². The van der Waals surface area contributed by atoms with Crippen molar-refractivity contribution in [1.82, 2.24) is 14.8 Å². The molecule has 0 saturated heterocycles. The molecule has 0 unspecified atom stereocenters. The summed E-state index contributed by atoms with van der Waals surface area (Å²) in [5, 5.41) is 8.96. The van der Waals surface area contributed by atoms with Crippen LogP contribution in [0.3, 0.4) is 0 Å². The molecular formula is C12H11BrFN3S. The summed E-state index contributed by atoms with van der Waals surface area (Å²) in [5.41, 5.74) is 0.936. The van der Waals surface area contributed by atoms with Crippen molar-refractivity contribution in [3.8, 4) is 0 Å². The quantitative estimate of drug-likeness (QED) is 0.800. The van der Waals surface area contributed by atoms with E-state index < -0.39 is 0 Å². The van der Waals surface area contributed by atoms with Crippen molar-refractivity contribution in [2.24, 2.45) is 0 Å². The van der Waals surface area contributed by atoms with Crippen molar-refractivity contribution in [1.29, 1.82) is 0 Å². The van der Waals surface area contributed by atoms with E-state index in [0.717, 1.165) is 15.2 Å². The summed E-state index contributed by atoms with van der Waals surface area (Å²) in [5.74, 6) is 0.474. The van der Waals surface area contributed by atoms with Crippen LogP contribution in [-0.4, -0.2) is 14.8 Å². The highest BCUT2D eigenvalue weighted by molar-refractivity contribution is 9.10. The van der Waals surface area contributed by atoms with Gasteiger partial charge in [-0.1, -0.05) is 27.7 Å². The van der Waals surface area contributed by atoms with Crippen LogP contribution in [0.2, 0.25) is 0 Å². The maximum atomic E-state index is 13.2. The Morgan fingerprint density at radius 1 is 1.44 bits per heavy atom. The van der Waals surface area contributed by atoms with Gasteiger partial charge in [-0.05, 0) is 36.6 Å². The molecule has 18 heavy (non-hydrogen) atoms. The minimum Gasteiger partial charge on any atom is -0.306 e. The van der Waals surface area contributed by atoms with Crippen molar-refractivity contribution in [3.63, 3.8) is 0 Å². The molecule has 0 radical (unpaired) electrons. The van der Waals surface area contributed by atoms with Gasteiger partial charge in [0, 0.05) is 16.3 Å². The first-order valence-electron chi connectivity index (χ1n) is 5.70. The minimum absolute atomic E-state index is 0.211. The molecule has 3 rings (SSSR count). The molecule has 1 aromatic heterocycles. The third-order valence-corrected chi connectivity index (χ3v) is 4.62. The van der Waals surface area contributed by atoms with Crippen LogP contribution in [0.25, 0.3) is 0 Å². The van der Waals surface area contributed by atoms with Gasteiger partial charge in [-0.25, -0.2) is 4.39 Å². The molecule has 1 aliphatic carbocycles. The Morgan fingerprint density at radius 2 is 2.28 bits per heavy atom. The highest BCUT2D eigenvalue weighted by atomic mass is 79.9. The lowest BCUT2D eigenvalue weighted by atomic mass is 10.2. The van der Waals surface area contributed by atoms with Crippen LogP contribution in [0.1, 0.15) is 24.4 Å². The van der Waals surface area contributed by atoms with Crippen LogP contribution in [0, 0.1) is 5.82 Å². The summed E-state index contributed by atoms with van der Waals surface area (Å²) < 4.78 is 16.2. The lowest BCUT2D eigenvalue weighted by Crippen LogP contribution is -1.95. The van der Waals surface area contributed by atoms with Gasteiger partial charge in [-0.2, -0.15) is 0 Å². The van der Waals surface area contributed by atoms with Gasteiger partial charge in [0.05, 0.1) is 0 Å². The lowest BCUT2D eigenvalue weighted by Gasteiger charge is -2.06. The molecule has 6 heteroatoms. The lowest BCUT2D eigenvalue weighted by molar-refractivity contribution is 0.626. The molecule has 1 aromatic carbocycles. The van der Waals surface area contributed by atoms with Gasteiger partial charge < -0.3 is 4.57 Å². The fraction of sp³-hybridized carbons (Fsp3) is 0.333. The van der Waals surface area contributed by atoms with E-state index in [-0.39, 0.29) is 5.82 Å². The van der Waals surface area contributed by atoms with Gasteiger partial charge in [0.15, 0.2) is 5.16 Å². The van der Waals surface area contributed by atoms with E-state index in [0.29, 0.717) is 11.8 Å². The first-order valence-corrected chi connectivity index (χ1v) is 7.48. The van der Waals surface area contributed by atoms with E-state index in [4.69, 9.17) is 0 Å². The van der Waals surface area contributed by atoms with Crippen molar-refractivity contribution >= 4 is 27.7 Å². The zero-order chi connectivity index (χ0) is 12.5. The highest BCUT2D eigenvalue weighted by Crippen LogP contribution is 2.38. The maximum Gasteiger partial charge on any atom is 0.191 e. The molecule has 1 fully saturated rings. The van der Waals surface area contributed by atoms with E-state index in [1.54, 1.807) is 30.2 Å². The Labute approximate surface area is 117 Å². The third-order valence-electron chi connectivity index (χ3n) is 2.85. The van der Waals surface area contributed by atoms with Gasteiger partial charge in [-0.15, -0.1) is 10.2 Å². The molecule has 0 aliphatic heterocycles. The molecular weight excluding hydrogens is 317 g/mol. The van der Waals surface area contributed by atoms with Crippen LogP contribution in [0.4, 0.5) is 4.39 Å². The summed E-state index contributed by atoms with van der Waals surface area (Å²) in [4.78, 5) is 0. The Hall–Kier alpha value is -0.880. The van der Waals surface area contributed by atoms with Gasteiger partial charge >= 0.3 is 0 Å². The second-order valence-electron chi connectivity index (χ2n) is 4.28. The topological polar surface area (TPSA) is 30.7 Å². The largest absolute Gasteiger partial charge is 0.306 e. The predicted molar refractivity (Wildman–Crippen MR) is 72.0 cm³/mol. The van der Waals surface area contributed by atoms with Crippen molar-refractivity contribution in [3.05, 3.63) is 40.4 Å². The third kappa shape index (κ3) is 2.59. The van der Waals surface area contributed by atoms with Crippen LogP contribution in [0.5, 0.6) is 0 Å². The number of halogens is 2. The summed E-state index contributed by atoms with van der Waals surface area (Å²) in [6, 6.07) is 5.30. The molecule has 0 atom stereocenters. The number of aromatic nitrogens is 3. The second kappa shape index (κ2) is 5.01. The predicted octanol–water partition coefficient (Wildman–Crippen LogP) is 3.81. The number of rotatable bonds is 4. The highest BCUT2D eigenvalue weighted by Gasteiger charge is 2.26. The Morgan fingerprint density at radius 3 is 3.06 bits per heavy atom. The van der Waals surface area contributed by atoms with Crippen LogP contribution < -0.4 is 0 Å². The number of thioether (sulfide) groups is 1. The first-order chi connectivity index (χ1) is 8.74. The Kier molecular flexibility index (Phi) is 3.39. The maximum absolute atomic E-state index is 13.2. The van der Waals surface area contributed by atoms with Gasteiger partial charge in [0.2, 0.25) is 0 Å². The number of nitrogens with zero attached hydrogens (tertiary/aromatic N) is 3. The molecule has 3 nitrogen and oxygen atoms in total.